The molecule has 0 spiro atoms. The molecular formula is C23H29FN2O3. The molecule has 0 saturated carbocycles. The van der Waals surface area contributed by atoms with E-state index in [2.05, 4.69) is 19.2 Å². The van der Waals surface area contributed by atoms with Crippen molar-refractivity contribution < 1.29 is 19.0 Å². The van der Waals surface area contributed by atoms with E-state index < -0.39 is 5.60 Å². The van der Waals surface area contributed by atoms with Crippen LogP contribution in [-0.2, 0) is 0 Å². The van der Waals surface area contributed by atoms with Crippen LogP contribution >= 0.6 is 0 Å². The third-order valence-corrected chi connectivity index (χ3v) is 5.80. The van der Waals surface area contributed by atoms with Gasteiger partial charge in [-0.3, -0.25) is 0 Å². The number of rotatable bonds is 6. The second-order valence-electron chi connectivity index (χ2n) is 7.62. The number of hydrogen-bond acceptors (Lipinski definition) is 3. The minimum absolute atomic E-state index is 0.185. The number of benzene rings is 2. The van der Waals surface area contributed by atoms with E-state index >= 15 is 0 Å². The van der Waals surface area contributed by atoms with Crippen molar-refractivity contribution in [1.82, 2.24) is 4.90 Å². The van der Waals surface area contributed by atoms with Crippen LogP contribution in [0.4, 0.5) is 14.9 Å². The number of carbonyl (C=O) groups excluding carboxylic acids is 1. The average Bonchev–Trinajstić information content (AvgIpc) is 2.71. The van der Waals surface area contributed by atoms with Gasteiger partial charge >= 0.3 is 6.03 Å². The topological polar surface area (TPSA) is 61.8 Å². The van der Waals surface area contributed by atoms with Gasteiger partial charge in [-0.05, 0) is 55.2 Å². The number of piperidine rings is 1. The van der Waals surface area contributed by atoms with E-state index in [9.17, 15) is 14.3 Å². The summed E-state index contributed by atoms with van der Waals surface area (Å²) in [6.45, 7) is 5.27. The number of anilines is 1. The number of amides is 2. The Hall–Kier alpha value is -2.60. The summed E-state index contributed by atoms with van der Waals surface area (Å²) in [4.78, 5) is 14.4. The van der Waals surface area contributed by atoms with E-state index in [0.717, 1.165) is 12.8 Å². The predicted molar refractivity (Wildman–Crippen MR) is 112 cm³/mol. The van der Waals surface area contributed by atoms with Crippen LogP contribution in [0.5, 0.6) is 11.5 Å². The van der Waals surface area contributed by atoms with Crippen molar-refractivity contribution in [2.24, 2.45) is 5.92 Å². The van der Waals surface area contributed by atoms with Crippen molar-refractivity contribution in [3.8, 4) is 11.5 Å². The zero-order valence-corrected chi connectivity index (χ0v) is 17.0. The molecule has 0 aliphatic carbocycles. The fraction of sp³-hybridized carbons (Fsp3) is 0.435. The van der Waals surface area contributed by atoms with Crippen molar-refractivity contribution in [1.29, 1.82) is 0 Å². The highest BCUT2D eigenvalue weighted by atomic mass is 19.1. The second-order valence-corrected chi connectivity index (χ2v) is 7.62. The molecule has 6 heteroatoms. The smallest absolute Gasteiger partial charge is 0.321 e. The summed E-state index contributed by atoms with van der Waals surface area (Å²) in [5.41, 5.74) is -0.0566. The lowest BCUT2D eigenvalue weighted by atomic mass is 9.77. The molecule has 0 aromatic heterocycles. The Kier molecular flexibility index (Phi) is 6.75. The third kappa shape index (κ3) is 5.26. The molecule has 0 atom stereocenters. The van der Waals surface area contributed by atoms with Gasteiger partial charge in [0.2, 0.25) is 0 Å². The number of ether oxygens (including phenoxy) is 1. The Morgan fingerprint density at radius 1 is 1.14 bits per heavy atom. The Morgan fingerprint density at radius 2 is 1.79 bits per heavy atom. The van der Waals surface area contributed by atoms with Gasteiger partial charge in [-0.1, -0.05) is 32.8 Å². The summed E-state index contributed by atoms with van der Waals surface area (Å²) in [6, 6.07) is 12.7. The van der Waals surface area contributed by atoms with E-state index in [-0.39, 0.29) is 17.8 Å². The van der Waals surface area contributed by atoms with E-state index in [1.165, 1.54) is 12.1 Å². The minimum Gasteiger partial charge on any atom is -0.457 e. The third-order valence-electron chi connectivity index (χ3n) is 5.80. The first kappa shape index (κ1) is 21.1. The van der Waals surface area contributed by atoms with Crippen LogP contribution in [0.25, 0.3) is 0 Å². The fourth-order valence-corrected chi connectivity index (χ4v) is 4.03. The van der Waals surface area contributed by atoms with Gasteiger partial charge in [0.1, 0.15) is 17.3 Å². The zero-order chi connectivity index (χ0) is 20.9. The maximum absolute atomic E-state index is 13.0. The maximum atomic E-state index is 13.0. The highest BCUT2D eigenvalue weighted by Gasteiger charge is 2.38. The van der Waals surface area contributed by atoms with Gasteiger partial charge in [-0.15, -0.1) is 0 Å². The standard InChI is InChI=1S/C23H29FN2O3/c1-3-17(4-2)23(28)12-14-26(15-13-23)22(27)25-19-6-5-7-21(16-19)29-20-10-8-18(24)9-11-20/h5-11,16-17,28H,3-4,12-15H2,1-2H3,(H,25,27). The summed E-state index contributed by atoms with van der Waals surface area (Å²) in [5.74, 6) is 1.02. The quantitative estimate of drug-likeness (QED) is 0.681. The second kappa shape index (κ2) is 9.27. The number of nitrogens with one attached hydrogen (secondary N) is 1. The molecule has 156 valence electrons. The van der Waals surface area contributed by atoms with E-state index in [1.807, 2.05) is 0 Å². The first-order valence-electron chi connectivity index (χ1n) is 10.3. The number of aliphatic hydroxyl groups is 1. The number of hydrogen-bond donors (Lipinski definition) is 2. The number of likely N-dealkylation sites (tertiary alicyclic amines) is 1. The Morgan fingerprint density at radius 3 is 2.41 bits per heavy atom. The lowest BCUT2D eigenvalue weighted by Gasteiger charge is -2.42. The van der Waals surface area contributed by atoms with E-state index in [4.69, 9.17) is 4.74 Å². The molecule has 5 nitrogen and oxygen atoms in total. The summed E-state index contributed by atoms with van der Waals surface area (Å²) in [6.07, 6.45) is 3.08. The molecule has 0 unspecified atom stereocenters. The van der Waals surface area contributed by atoms with Crippen LogP contribution in [0.15, 0.2) is 48.5 Å². The molecule has 1 saturated heterocycles. The molecule has 2 aromatic carbocycles. The first-order valence-corrected chi connectivity index (χ1v) is 10.3. The SMILES string of the molecule is CCC(CC)C1(O)CCN(C(=O)Nc2cccc(Oc3ccc(F)cc3)c2)CC1. The normalized spacial score (nSPS) is 16.0. The molecule has 2 aromatic rings. The Bertz CT molecular complexity index is 813. The summed E-state index contributed by atoms with van der Waals surface area (Å²) in [5, 5.41) is 13.8. The summed E-state index contributed by atoms with van der Waals surface area (Å²) >= 11 is 0. The summed E-state index contributed by atoms with van der Waals surface area (Å²) < 4.78 is 18.7. The van der Waals surface area contributed by atoms with Crippen molar-refractivity contribution in [2.45, 2.75) is 45.1 Å². The number of nitrogens with zero attached hydrogens (tertiary/aromatic N) is 1. The molecule has 29 heavy (non-hydrogen) atoms. The Balaban J connectivity index is 1.58. The highest BCUT2D eigenvalue weighted by Crippen LogP contribution is 2.34. The monoisotopic (exact) mass is 400 g/mol. The molecule has 2 amide bonds. The molecule has 1 aliphatic heterocycles. The number of carbonyl (C=O) groups is 1. The van der Waals surface area contributed by atoms with Crippen LogP contribution in [0, 0.1) is 11.7 Å². The zero-order valence-electron chi connectivity index (χ0n) is 17.0. The van der Waals surface area contributed by atoms with Gasteiger partial charge in [0.25, 0.3) is 0 Å². The number of urea groups is 1. The molecule has 1 aliphatic rings. The van der Waals surface area contributed by atoms with E-state index in [0.29, 0.717) is 43.1 Å². The van der Waals surface area contributed by atoms with Crippen molar-refractivity contribution in [2.75, 3.05) is 18.4 Å². The van der Waals surface area contributed by atoms with Crippen LogP contribution in [0.3, 0.4) is 0 Å². The largest absolute Gasteiger partial charge is 0.457 e. The van der Waals surface area contributed by atoms with Crippen LogP contribution in [-0.4, -0.2) is 34.7 Å². The van der Waals surface area contributed by atoms with Crippen LogP contribution < -0.4 is 10.1 Å². The Labute approximate surface area is 171 Å². The summed E-state index contributed by atoms with van der Waals surface area (Å²) in [7, 11) is 0. The van der Waals surface area contributed by atoms with Gasteiger partial charge in [-0.25, -0.2) is 9.18 Å². The van der Waals surface area contributed by atoms with Gasteiger partial charge < -0.3 is 20.1 Å². The van der Waals surface area contributed by atoms with Gasteiger partial charge in [0.05, 0.1) is 5.60 Å². The minimum atomic E-state index is -0.677. The van der Waals surface area contributed by atoms with E-state index in [1.54, 1.807) is 41.3 Å². The van der Waals surface area contributed by atoms with Crippen molar-refractivity contribution in [3.05, 3.63) is 54.3 Å². The van der Waals surface area contributed by atoms with Crippen LogP contribution in [0.1, 0.15) is 39.5 Å². The van der Waals surface area contributed by atoms with Crippen molar-refractivity contribution in [3.63, 3.8) is 0 Å². The lowest BCUT2D eigenvalue weighted by Crippen LogP contribution is -2.51. The number of halogens is 1. The molecule has 0 radical (unpaired) electrons. The van der Waals surface area contributed by atoms with Crippen LogP contribution in [0.2, 0.25) is 0 Å². The lowest BCUT2D eigenvalue weighted by molar-refractivity contribution is -0.0619. The average molecular weight is 400 g/mol. The van der Waals surface area contributed by atoms with Gasteiger partial charge in [-0.2, -0.15) is 0 Å². The van der Waals surface area contributed by atoms with Gasteiger partial charge in [0, 0.05) is 24.8 Å². The fourth-order valence-electron chi connectivity index (χ4n) is 4.03. The molecule has 0 bridgehead atoms. The molecule has 3 rings (SSSR count). The molecular weight excluding hydrogens is 371 g/mol. The molecule has 1 fully saturated rings. The van der Waals surface area contributed by atoms with Crippen molar-refractivity contribution >= 4 is 11.7 Å². The predicted octanol–water partition coefficient (Wildman–Crippen LogP) is 5.41. The highest BCUT2D eigenvalue weighted by molar-refractivity contribution is 5.89. The van der Waals surface area contributed by atoms with Gasteiger partial charge in [0.15, 0.2) is 0 Å². The maximum Gasteiger partial charge on any atom is 0.321 e. The molecule has 2 N–H and O–H groups in total. The molecule has 1 heterocycles. The first-order chi connectivity index (χ1) is 13.9.